The normalized spacial score (nSPS) is 12.9. The molecular weight excluding hydrogens is 466 g/mol. The second-order valence-corrected chi connectivity index (χ2v) is 8.71. The van der Waals surface area contributed by atoms with Crippen LogP contribution in [0.25, 0.3) is 11.1 Å². The number of carbonyl (C=O) groups excluding carboxylic acids is 1. The minimum absolute atomic E-state index is 0.0583. The topological polar surface area (TPSA) is 110 Å². The molecule has 2 atom stereocenters. The maximum absolute atomic E-state index is 14.1. The maximum atomic E-state index is 14.1. The number of halogens is 2. The molecule has 0 aliphatic carbocycles. The fourth-order valence-electron chi connectivity index (χ4n) is 3.77. The van der Waals surface area contributed by atoms with Crippen molar-refractivity contribution in [2.75, 3.05) is 0 Å². The van der Waals surface area contributed by atoms with E-state index in [9.17, 15) is 24.1 Å². The van der Waals surface area contributed by atoms with Crippen LogP contribution < -0.4 is 5.82 Å². The van der Waals surface area contributed by atoms with Gasteiger partial charge in [-0.05, 0) is 61.3 Å². The Hall–Kier alpha value is -2.88. The molecule has 7 nitrogen and oxygen atoms in total. The van der Waals surface area contributed by atoms with Gasteiger partial charge in [-0.1, -0.05) is 42.7 Å². The first-order valence-electron chi connectivity index (χ1n) is 10.8. The molecular formula is C24H25BClFO7. The SMILES string of the molecule is CB(O)C[C@H](Cc1ccc(-c2cc(Cl)ccc2F)cc1)C[C@@H](O)C(=O)OCc1oc(=O)oc1C. The summed E-state index contributed by atoms with van der Waals surface area (Å²) in [5.74, 6) is -2.11. The Kier molecular flexibility index (Phi) is 8.71. The quantitative estimate of drug-likeness (QED) is 0.322. The molecule has 180 valence electrons. The van der Waals surface area contributed by atoms with E-state index in [-0.39, 0.29) is 36.3 Å². The Morgan fingerprint density at radius 1 is 1.21 bits per heavy atom. The van der Waals surface area contributed by atoms with Gasteiger partial charge in [0.15, 0.2) is 24.2 Å². The lowest BCUT2D eigenvalue weighted by atomic mass is 9.62. The van der Waals surface area contributed by atoms with Crippen molar-refractivity contribution in [3.05, 3.63) is 81.0 Å². The monoisotopic (exact) mass is 490 g/mol. The van der Waals surface area contributed by atoms with Crippen molar-refractivity contribution in [2.24, 2.45) is 5.92 Å². The average molecular weight is 491 g/mol. The largest absolute Gasteiger partial charge is 0.519 e. The van der Waals surface area contributed by atoms with Gasteiger partial charge in [-0.3, -0.25) is 0 Å². The zero-order chi connectivity index (χ0) is 24.8. The van der Waals surface area contributed by atoms with Crippen LogP contribution in [0.4, 0.5) is 4.39 Å². The van der Waals surface area contributed by atoms with Crippen molar-refractivity contribution < 1.29 is 32.9 Å². The van der Waals surface area contributed by atoms with Gasteiger partial charge < -0.3 is 23.7 Å². The average Bonchev–Trinajstić information content (AvgIpc) is 3.10. The summed E-state index contributed by atoms with van der Waals surface area (Å²) in [6, 6.07) is 11.6. The van der Waals surface area contributed by atoms with E-state index < -0.39 is 24.8 Å². The molecule has 3 rings (SSSR count). The van der Waals surface area contributed by atoms with Crippen LogP contribution in [0.2, 0.25) is 18.2 Å². The van der Waals surface area contributed by atoms with Crippen molar-refractivity contribution in [3.8, 4) is 11.1 Å². The Morgan fingerprint density at radius 2 is 1.91 bits per heavy atom. The summed E-state index contributed by atoms with van der Waals surface area (Å²) in [6.45, 7) is 2.15. The number of rotatable bonds is 10. The van der Waals surface area contributed by atoms with Gasteiger partial charge >= 0.3 is 11.8 Å². The zero-order valence-corrected chi connectivity index (χ0v) is 19.5. The van der Waals surface area contributed by atoms with Crippen molar-refractivity contribution in [1.82, 2.24) is 0 Å². The highest BCUT2D eigenvalue weighted by Crippen LogP contribution is 2.28. The van der Waals surface area contributed by atoms with Crippen LogP contribution in [-0.2, 0) is 22.6 Å². The number of aliphatic hydroxyl groups excluding tert-OH is 1. The predicted octanol–water partition coefficient (Wildman–Crippen LogP) is 4.27. The third-order valence-electron chi connectivity index (χ3n) is 5.40. The van der Waals surface area contributed by atoms with Gasteiger partial charge in [-0.25, -0.2) is 14.0 Å². The first-order valence-corrected chi connectivity index (χ1v) is 11.2. The highest BCUT2D eigenvalue weighted by Gasteiger charge is 2.25. The summed E-state index contributed by atoms with van der Waals surface area (Å²) in [5.41, 5.74) is 1.95. The Labute approximate surface area is 201 Å². The van der Waals surface area contributed by atoms with Gasteiger partial charge in [-0.15, -0.1) is 0 Å². The molecule has 10 heteroatoms. The van der Waals surface area contributed by atoms with Crippen molar-refractivity contribution in [3.63, 3.8) is 0 Å². The van der Waals surface area contributed by atoms with Crippen molar-refractivity contribution >= 4 is 24.5 Å². The number of ether oxygens (including phenoxy) is 1. The molecule has 3 aromatic rings. The summed E-state index contributed by atoms with van der Waals surface area (Å²) < 4.78 is 28.6. The zero-order valence-electron chi connectivity index (χ0n) is 18.8. The number of carbonyl (C=O) groups is 1. The molecule has 1 aromatic heterocycles. The second kappa shape index (κ2) is 11.5. The minimum Gasteiger partial charge on any atom is -0.455 e. The van der Waals surface area contributed by atoms with E-state index in [2.05, 4.69) is 0 Å². The van der Waals surface area contributed by atoms with Crippen molar-refractivity contribution in [1.29, 1.82) is 0 Å². The lowest BCUT2D eigenvalue weighted by molar-refractivity contribution is -0.156. The molecule has 1 heterocycles. The summed E-state index contributed by atoms with van der Waals surface area (Å²) in [4.78, 5) is 23.3. The van der Waals surface area contributed by atoms with E-state index in [0.29, 0.717) is 28.9 Å². The molecule has 0 aliphatic heterocycles. The van der Waals surface area contributed by atoms with E-state index in [1.165, 1.54) is 19.1 Å². The molecule has 0 aliphatic rings. The molecule has 0 unspecified atom stereocenters. The summed E-state index contributed by atoms with van der Waals surface area (Å²) in [5, 5.41) is 20.7. The lowest BCUT2D eigenvalue weighted by Crippen LogP contribution is -2.28. The van der Waals surface area contributed by atoms with Crippen LogP contribution in [-0.4, -0.2) is 29.1 Å². The highest BCUT2D eigenvalue weighted by molar-refractivity contribution is 6.48. The number of aliphatic hydroxyl groups is 1. The molecule has 0 radical (unpaired) electrons. The standard InChI is InChI=1S/C24H25BClFO7/c1-14-22(34-24(30)33-14)13-32-23(29)21(28)10-16(12-25(2)31)9-15-3-5-17(6-4-15)19-11-18(26)7-8-20(19)27/h3-8,11,16,21,28,31H,9-10,12-13H2,1-2H3/t16-,21-/m1/s1. The van der Waals surface area contributed by atoms with Gasteiger partial charge in [0.1, 0.15) is 5.82 Å². The van der Waals surface area contributed by atoms with Crippen LogP contribution in [0.1, 0.15) is 23.5 Å². The smallest absolute Gasteiger partial charge is 0.455 e. The third-order valence-corrected chi connectivity index (χ3v) is 5.64. The fraction of sp³-hybridized carbons (Fsp3) is 0.333. The summed E-state index contributed by atoms with van der Waals surface area (Å²) in [7, 11) is 0. The molecule has 0 fully saturated rings. The molecule has 0 saturated carbocycles. The van der Waals surface area contributed by atoms with Gasteiger partial charge in [0, 0.05) is 10.6 Å². The van der Waals surface area contributed by atoms with Crippen LogP contribution >= 0.6 is 11.6 Å². The molecule has 0 amide bonds. The fourth-order valence-corrected chi connectivity index (χ4v) is 3.94. The van der Waals surface area contributed by atoms with Crippen LogP contribution in [0.3, 0.4) is 0 Å². The van der Waals surface area contributed by atoms with E-state index in [1.54, 1.807) is 25.0 Å². The molecule has 0 saturated heterocycles. The molecule has 2 aromatic carbocycles. The number of aryl methyl sites for hydroxylation is 1. The summed E-state index contributed by atoms with van der Waals surface area (Å²) >= 11 is 5.98. The Balaban J connectivity index is 1.63. The number of benzene rings is 2. The third kappa shape index (κ3) is 7.06. The van der Waals surface area contributed by atoms with Crippen LogP contribution in [0.15, 0.2) is 56.1 Å². The van der Waals surface area contributed by atoms with E-state index in [1.807, 2.05) is 12.1 Å². The molecule has 0 spiro atoms. The first-order chi connectivity index (χ1) is 16.1. The van der Waals surface area contributed by atoms with Gasteiger partial charge in [0.2, 0.25) is 0 Å². The molecule has 2 N–H and O–H groups in total. The maximum Gasteiger partial charge on any atom is 0.519 e. The van der Waals surface area contributed by atoms with Gasteiger partial charge in [0.05, 0.1) is 0 Å². The van der Waals surface area contributed by atoms with E-state index in [0.717, 1.165) is 5.56 Å². The van der Waals surface area contributed by atoms with Crippen molar-refractivity contribution in [2.45, 2.75) is 45.6 Å². The first kappa shape index (κ1) is 25.7. The minimum atomic E-state index is -1.43. The number of hydrogen-bond acceptors (Lipinski definition) is 7. The van der Waals surface area contributed by atoms with Crippen LogP contribution in [0.5, 0.6) is 0 Å². The number of esters is 1. The van der Waals surface area contributed by atoms with Gasteiger partial charge in [-0.2, -0.15) is 0 Å². The number of hydrogen-bond donors (Lipinski definition) is 2. The summed E-state index contributed by atoms with van der Waals surface area (Å²) in [6.07, 6.45) is -0.543. The van der Waals surface area contributed by atoms with E-state index >= 15 is 0 Å². The second-order valence-electron chi connectivity index (χ2n) is 8.27. The lowest BCUT2D eigenvalue weighted by Gasteiger charge is -2.20. The molecule has 0 bridgehead atoms. The predicted molar refractivity (Wildman–Crippen MR) is 125 cm³/mol. The van der Waals surface area contributed by atoms with E-state index in [4.69, 9.17) is 25.2 Å². The van der Waals surface area contributed by atoms with Gasteiger partial charge in [0.25, 0.3) is 6.92 Å². The highest BCUT2D eigenvalue weighted by atomic mass is 35.5. The Bertz CT molecular complexity index is 1170. The molecule has 34 heavy (non-hydrogen) atoms. The van der Waals surface area contributed by atoms with Crippen LogP contribution in [0, 0.1) is 18.7 Å². The Morgan fingerprint density at radius 3 is 2.53 bits per heavy atom.